The highest BCUT2D eigenvalue weighted by atomic mass is 16.5. The molecule has 1 aromatic heterocycles. The number of rotatable bonds is 2. The average molecular weight is 248 g/mol. The Kier molecular flexibility index (Phi) is 2.70. The molecule has 1 N–H and O–H groups in total. The zero-order valence-electron chi connectivity index (χ0n) is 10.3. The van der Waals surface area contributed by atoms with Crippen LogP contribution in [0.25, 0.3) is 0 Å². The third-order valence-corrected chi connectivity index (χ3v) is 3.72. The van der Waals surface area contributed by atoms with Crippen molar-refractivity contribution in [2.45, 2.75) is 39.0 Å². The molecule has 18 heavy (non-hydrogen) atoms. The number of pyridine rings is 1. The minimum Gasteiger partial charge on any atom is -0.478 e. The zero-order valence-corrected chi connectivity index (χ0v) is 10.3. The second-order valence-electron chi connectivity index (χ2n) is 4.95. The molecule has 5 heteroatoms. The molecule has 1 atom stereocenters. The van der Waals surface area contributed by atoms with Gasteiger partial charge in [0.1, 0.15) is 11.4 Å². The SMILES string of the molecule is C[C@@H]1CCCN1c1nc2c(cc1C(=O)O)COC2. The Bertz CT molecular complexity index is 501. The zero-order chi connectivity index (χ0) is 12.7. The van der Waals surface area contributed by atoms with Gasteiger partial charge in [-0.2, -0.15) is 0 Å². The van der Waals surface area contributed by atoms with Crippen LogP contribution in [0.1, 0.15) is 41.4 Å². The molecule has 0 bridgehead atoms. The van der Waals surface area contributed by atoms with Gasteiger partial charge in [-0.3, -0.25) is 0 Å². The van der Waals surface area contributed by atoms with Gasteiger partial charge in [0.15, 0.2) is 0 Å². The summed E-state index contributed by atoms with van der Waals surface area (Å²) in [5, 5.41) is 9.34. The summed E-state index contributed by atoms with van der Waals surface area (Å²) in [5.41, 5.74) is 2.09. The number of nitrogens with zero attached hydrogens (tertiary/aromatic N) is 2. The van der Waals surface area contributed by atoms with Gasteiger partial charge in [-0.1, -0.05) is 0 Å². The number of fused-ring (bicyclic) bond motifs is 1. The molecule has 0 aromatic carbocycles. The van der Waals surface area contributed by atoms with Crippen molar-refractivity contribution in [1.29, 1.82) is 0 Å². The third kappa shape index (κ3) is 1.75. The van der Waals surface area contributed by atoms with E-state index in [1.165, 1.54) is 0 Å². The smallest absolute Gasteiger partial charge is 0.339 e. The van der Waals surface area contributed by atoms with Crippen molar-refractivity contribution in [3.05, 3.63) is 22.9 Å². The Morgan fingerprint density at radius 3 is 3.06 bits per heavy atom. The third-order valence-electron chi connectivity index (χ3n) is 3.72. The predicted molar refractivity (Wildman–Crippen MR) is 65.7 cm³/mol. The molecule has 0 radical (unpaired) electrons. The van der Waals surface area contributed by atoms with Gasteiger partial charge >= 0.3 is 5.97 Å². The molecular formula is C13H16N2O3. The lowest BCUT2D eigenvalue weighted by atomic mass is 10.1. The predicted octanol–water partition coefficient (Wildman–Crippen LogP) is 1.80. The maximum absolute atomic E-state index is 11.4. The molecular weight excluding hydrogens is 232 g/mol. The van der Waals surface area contributed by atoms with Crippen molar-refractivity contribution in [1.82, 2.24) is 4.98 Å². The average Bonchev–Trinajstić information content (AvgIpc) is 2.94. The van der Waals surface area contributed by atoms with Crippen LogP contribution >= 0.6 is 0 Å². The summed E-state index contributed by atoms with van der Waals surface area (Å²) < 4.78 is 5.32. The molecule has 5 nitrogen and oxygen atoms in total. The highest BCUT2D eigenvalue weighted by Gasteiger charge is 2.28. The largest absolute Gasteiger partial charge is 0.478 e. The summed E-state index contributed by atoms with van der Waals surface area (Å²) in [6.45, 7) is 3.96. The van der Waals surface area contributed by atoms with E-state index in [-0.39, 0.29) is 0 Å². The van der Waals surface area contributed by atoms with Crippen LogP contribution in [-0.2, 0) is 18.0 Å². The first-order chi connectivity index (χ1) is 8.66. The minimum absolute atomic E-state index is 0.299. The Hall–Kier alpha value is -1.62. The first-order valence-corrected chi connectivity index (χ1v) is 6.27. The second kappa shape index (κ2) is 4.24. The number of aromatic nitrogens is 1. The fourth-order valence-corrected chi connectivity index (χ4v) is 2.71. The van der Waals surface area contributed by atoms with Crippen LogP contribution in [0.5, 0.6) is 0 Å². The maximum atomic E-state index is 11.4. The fourth-order valence-electron chi connectivity index (χ4n) is 2.71. The number of carbonyl (C=O) groups is 1. The lowest BCUT2D eigenvalue weighted by Gasteiger charge is -2.24. The van der Waals surface area contributed by atoms with Crippen molar-refractivity contribution in [2.75, 3.05) is 11.4 Å². The summed E-state index contributed by atoms with van der Waals surface area (Å²) in [7, 11) is 0. The standard InChI is InChI=1S/C13H16N2O3/c1-8-3-2-4-15(8)12-10(13(16)17)5-9-6-18-7-11(9)14-12/h5,8H,2-4,6-7H2,1H3,(H,16,17)/t8-/m1/s1. The van der Waals surface area contributed by atoms with Gasteiger partial charge in [-0.05, 0) is 25.8 Å². The first kappa shape index (κ1) is 11.5. The number of hydrogen-bond acceptors (Lipinski definition) is 4. The van der Waals surface area contributed by atoms with Gasteiger partial charge in [0.05, 0.1) is 18.9 Å². The maximum Gasteiger partial charge on any atom is 0.339 e. The number of anilines is 1. The van der Waals surface area contributed by atoms with Gasteiger partial charge in [0, 0.05) is 18.2 Å². The van der Waals surface area contributed by atoms with Crippen LogP contribution in [0, 0.1) is 0 Å². The van der Waals surface area contributed by atoms with E-state index in [0.29, 0.717) is 30.6 Å². The number of carboxylic acids is 1. The number of aromatic carboxylic acids is 1. The van der Waals surface area contributed by atoms with Crippen molar-refractivity contribution in [3.8, 4) is 0 Å². The van der Waals surface area contributed by atoms with Gasteiger partial charge in [-0.25, -0.2) is 9.78 Å². The quantitative estimate of drug-likeness (QED) is 0.864. The molecule has 0 unspecified atom stereocenters. The van der Waals surface area contributed by atoms with Gasteiger partial charge in [0.25, 0.3) is 0 Å². The van der Waals surface area contributed by atoms with Crippen LogP contribution in [0.15, 0.2) is 6.07 Å². The van der Waals surface area contributed by atoms with Crippen molar-refractivity contribution in [3.63, 3.8) is 0 Å². The lowest BCUT2D eigenvalue weighted by molar-refractivity contribution is 0.0697. The highest BCUT2D eigenvalue weighted by Crippen LogP contribution is 2.30. The molecule has 0 saturated carbocycles. The molecule has 0 spiro atoms. The summed E-state index contributed by atoms with van der Waals surface area (Å²) in [5.74, 6) is -0.303. The highest BCUT2D eigenvalue weighted by molar-refractivity contribution is 5.93. The van der Waals surface area contributed by atoms with E-state index in [1.807, 2.05) is 0 Å². The van der Waals surface area contributed by atoms with Crippen LogP contribution in [-0.4, -0.2) is 28.6 Å². The first-order valence-electron chi connectivity index (χ1n) is 6.27. The summed E-state index contributed by atoms with van der Waals surface area (Å²) in [6, 6.07) is 2.08. The van der Waals surface area contributed by atoms with E-state index in [2.05, 4.69) is 16.8 Å². The molecule has 0 amide bonds. The molecule has 2 aliphatic heterocycles. The summed E-state index contributed by atoms with van der Waals surface area (Å²) in [6.07, 6.45) is 2.18. The van der Waals surface area contributed by atoms with Crippen LogP contribution in [0.2, 0.25) is 0 Å². The molecule has 1 saturated heterocycles. The molecule has 1 fully saturated rings. The normalized spacial score (nSPS) is 22.3. The minimum atomic E-state index is -0.911. The van der Waals surface area contributed by atoms with E-state index >= 15 is 0 Å². The van der Waals surface area contributed by atoms with Gasteiger partial charge < -0.3 is 14.7 Å². The van der Waals surface area contributed by atoms with Crippen molar-refractivity contribution < 1.29 is 14.6 Å². The van der Waals surface area contributed by atoms with E-state index in [4.69, 9.17) is 4.74 Å². The van der Waals surface area contributed by atoms with E-state index in [0.717, 1.165) is 30.6 Å². The molecule has 0 aliphatic carbocycles. The van der Waals surface area contributed by atoms with E-state index in [9.17, 15) is 9.90 Å². The topological polar surface area (TPSA) is 62.7 Å². The van der Waals surface area contributed by atoms with E-state index < -0.39 is 5.97 Å². The number of ether oxygens (including phenoxy) is 1. The summed E-state index contributed by atoms with van der Waals surface area (Å²) >= 11 is 0. The molecule has 3 heterocycles. The Morgan fingerprint density at radius 2 is 2.39 bits per heavy atom. The van der Waals surface area contributed by atoms with Crippen LogP contribution < -0.4 is 4.90 Å². The van der Waals surface area contributed by atoms with Gasteiger partial charge in [-0.15, -0.1) is 0 Å². The second-order valence-corrected chi connectivity index (χ2v) is 4.95. The van der Waals surface area contributed by atoms with Crippen LogP contribution in [0.3, 0.4) is 0 Å². The fraction of sp³-hybridized carbons (Fsp3) is 0.538. The monoisotopic (exact) mass is 248 g/mol. The molecule has 1 aromatic rings. The molecule has 3 rings (SSSR count). The summed E-state index contributed by atoms with van der Waals surface area (Å²) in [4.78, 5) is 18.0. The van der Waals surface area contributed by atoms with E-state index in [1.54, 1.807) is 6.07 Å². The molecule has 2 aliphatic rings. The van der Waals surface area contributed by atoms with Crippen molar-refractivity contribution in [2.24, 2.45) is 0 Å². The van der Waals surface area contributed by atoms with Gasteiger partial charge in [0.2, 0.25) is 0 Å². The Labute approximate surface area is 105 Å². The number of hydrogen-bond donors (Lipinski definition) is 1. The molecule has 96 valence electrons. The Morgan fingerprint density at radius 1 is 1.56 bits per heavy atom. The van der Waals surface area contributed by atoms with Crippen molar-refractivity contribution >= 4 is 11.8 Å². The van der Waals surface area contributed by atoms with Crippen LogP contribution in [0.4, 0.5) is 5.82 Å². The Balaban J connectivity index is 2.09. The number of carboxylic acid groups (broad SMARTS) is 1. The lowest BCUT2D eigenvalue weighted by Crippen LogP contribution is -2.29.